The summed E-state index contributed by atoms with van der Waals surface area (Å²) in [5.41, 5.74) is 4.70. The van der Waals surface area contributed by atoms with Gasteiger partial charge in [0.2, 0.25) is 0 Å². The molecular weight excluding hydrogens is 452 g/mol. The Balaban J connectivity index is 1.77. The van der Waals surface area contributed by atoms with Gasteiger partial charge in [-0.3, -0.25) is 10.2 Å². The van der Waals surface area contributed by atoms with E-state index in [9.17, 15) is 22.0 Å². The van der Waals surface area contributed by atoms with Gasteiger partial charge in [0.15, 0.2) is 0 Å². The van der Waals surface area contributed by atoms with E-state index in [-0.39, 0.29) is 21.2 Å². The number of alkyl halides is 2. The van der Waals surface area contributed by atoms with Crippen molar-refractivity contribution in [3.8, 4) is 11.4 Å². The van der Waals surface area contributed by atoms with E-state index in [0.717, 1.165) is 29.6 Å². The summed E-state index contributed by atoms with van der Waals surface area (Å²) in [5.74, 6) is -1.03. The van der Waals surface area contributed by atoms with Crippen LogP contribution in [0.15, 0.2) is 59.5 Å². The molecule has 0 radical (unpaired) electrons. The number of aryl methyl sites for hydroxylation is 1. The second-order valence-electron chi connectivity index (χ2n) is 6.49. The summed E-state index contributed by atoms with van der Waals surface area (Å²) in [6.45, 7) is 0.462. The minimum atomic E-state index is -4.22. The number of halogens is 3. The van der Waals surface area contributed by atoms with Crippen molar-refractivity contribution < 1.29 is 26.7 Å². The van der Waals surface area contributed by atoms with E-state index < -0.39 is 22.5 Å². The maximum Gasteiger partial charge on any atom is 0.387 e. The fourth-order valence-corrected chi connectivity index (χ4v) is 4.20. The molecule has 0 unspecified atom stereocenters. The fourth-order valence-electron chi connectivity index (χ4n) is 3.05. The normalized spacial score (nSPS) is 11.5. The van der Waals surface area contributed by atoms with Gasteiger partial charge in [0.05, 0.1) is 15.5 Å². The average Bonchev–Trinajstić information content (AvgIpc) is 3.02. The van der Waals surface area contributed by atoms with Crippen molar-refractivity contribution in [3.05, 3.63) is 76.6 Å². The minimum absolute atomic E-state index is 0.280. The highest BCUT2D eigenvalue weighted by Gasteiger charge is 2.21. The summed E-state index contributed by atoms with van der Waals surface area (Å²) in [5, 5.41) is -0.319. The number of para-hydroxylation sites is 1. The van der Waals surface area contributed by atoms with Crippen molar-refractivity contribution in [1.29, 1.82) is 0 Å². The van der Waals surface area contributed by atoms with Gasteiger partial charge in [0.1, 0.15) is 5.75 Å². The van der Waals surface area contributed by atoms with Crippen molar-refractivity contribution >= 4 is 27.5 Å². The molecule has 0 saturated heterocycles. The molecule has 0 aliphatic heterocycles. The van der Waals surface area contributed by atoms with Gasteiger partial charge in [-0.15, -0.1) is 4.83 Å². The highest BCUT2D eigenvalue weighted by molar-refractivity contribution is 7.89. The number of carbonyl (C=O) groups is 1. The second kappa shape index (κ2) is 9.04. The van der Waals surface area contributed by atoms with Crippen LogP contribution in [-0.4, -0.2) is 25.5 Å². The number of benzene rings is 2. The Kier molecular flexibility index (Phi) is 6.63. The molecule has 0 spiro atoms. The number of nitrogens with zero attached hydrogens (tertiary/aromatic N) is 1. The Morgan fingerprint density at radius 2 is 1.77 bits per heavy atom. The molecule has 2 N–H and O–H groups in total. The predicted octanol–water partition coefficient (Wildman–Crippen LogP) is 3.97. The molecule has 2 aromatic carbocycles. The first kappa shape index (κ1) is 22.7. The van der Waals surface area contributed by atoms with Gasteiger partial charge >= 0.3 is 6.61 Å². The molecular formula is C20H18ClF2N3O4S. The maximum atomic E-state index is 12.6. The minimum Gasteiger partial charge on any atom is -0.433 e. The number of ether oxygens (including phenoxy) is 1. The van der Waals surface area contributed by atoms with Crippen LogP contribution >= 0.6 is 11.6 Å². The Labute approximate surface area is 182 Å². The van der Waals surface area contributed by atoms with Crippen molar-refractivity contribution in [2.24, 2.45) is 0 Å². The standard InChI is InChI=1S/C20H18ClF2N3O4S/c1-12-10-16(13(2)26(12)14-6-4-3-5-7-14)19(27)24-25-31(28,29)15-8-9-18(17(21)11-15)30-20(22)23/h3-11,20,25H,1-2H3,(H,24,27). The summed E-state index contributed by atoms with van der Waals surface area (Å²) in [6, 6.07) is 14.0. The molecule has 3 aromatic rings. The number of aromatic nitrogens is 1. The zero-order valence-electron chi connectivity index (χ0n) is 16.4. The van der Waals surface area contributed by atoms with Gasteiger partial charge in [-0.25, -0.2) is 8.42 Å². The molecule has 0 fully saturated rings. The van der Waals surface area contributed by atoms with Gasteiger partial charge in [0, 0.05) is 17.1 Å². The summed E-state index contributed by atoms with van der Waals surface area (Å²) in [7, 11) is -4.22. The fraction of sp³-hybridized carbons (Fsp3) is 0.150. The summed E-state index contributed by atoms with van der Waals surface area (Å²) in [4.78, 5) is 14.2. The van der Waals surface area contributed by atoms with E-state index in [1.165, 1.54) is 0 Å². The number of carbonyl (C=O) groups excluding carboxylic acids is 1. The van der Waals surface area contributed by atoms with Gasteiger partial charge in [-0.05, 0) is 50.2 Å². The van der Waals surface area contributed by atoms with E-state index in [2.05, 4.69) is 10.2 Å². The van der Waals surface area contributed by atoms with Gasteiger partial charge in [-0.2, -0.15) is 8.78 Å². The Hall–Kier alpha value is -2.95. The molecule has 0 bridgehead atoms. The lowest BCUT2D eigenvalue weighted by molar-refractivity contribution is -0.0498. The SMILES string of the molecule is Cc1cc(C(=O)NNS(=O)(=O)c2ccc(OC(F)F)c(Cl)c2)c(C)n1-c1ccccc1. The molecule has 0 aliphatic rings. The van der Waals surface area contributed by atoms with E-state index in [1.807, 2.05) is 46.7 Å². The van der Waals surface area contributed by atoms with Crippen LogP contribution < -0.4 is 15.0 Å². The molecule has 164 valence electrons. The van der Waals surface area contributed by atoms with Crippen LogP contribution in [0.4, 0.5) is 8.78 Å². The molecule has 3 rings (SSSR count). The quantitative estimate of drug-likeness (QED) is 0.512. The van der Waals surface area contributed by atoms with Crippen LogP contribution in [0, 0.1) is 13.8 Å². The molecule has 0 atom stereocenters. The van der Waals surface area contributed by atoms with E-state index in [1.54, 1.807) is 13.0 Å². The van der Waals surface area contributed by atoms with Crippen molar-refractivity contribution in [1.82, 2.24) is 14.8 Å². The molecule has 1 amide bonds. The van der Waals surface area contributed by atoms with Crippen LogP contribution in [0.5, 0.6) is 5.75 Å². The third-order valence-electron chi connectivity index (χ3n) is 4.42. The van der Waals surface area contributed by atoms with Gasteiger partial charge in [0.25, 0.3) is 15.9 Å². The Bertz CT molecular complexity index is 1210. The number of hydrogen-bond acceptors (Lipinski definition) is 4. The molecule has 1 aromatic heterocycles. The van der Waals surface area contributed by atoms with Crippen LogP contribution in [0.2, 0.25) is 5.02 Å². The summed E-state index contributed by atoms with van der Waals surface area (Å²) < 4.78 is 55.6. The van der Waals surface area contributed by atoms with Crippen molar-refractivity contribution in [2.75, 3.05) is 0 Å². The van der Waals surface area contributed by atoms with Gasteiger partial charge < -0.3 is 9.30 Å². The van der Waals surface area contributed by atoms with Crippen LogP contribution in [-0.2, 0) is 10.0 Å². The maximum absolute atomic E-state index is 12.6. The Morgan fingerprint density at radius 3 is 2.39 bits per heavy atom. The largest absolute Gasteiger partial charge is 0.433 e. The first-order chi connectivity index (χ1) is 14.6. The number of sulfonamides is 1. The molecule has 7 nitrogen and oxygen atoms in total. The topological polar surface area (TPSA) is 89.4 Å². The van der Waals surface area contributed by atoms with Crippen LogP contribution in [0.3, 0.4) is 0 Å². The molecule has 31 heavy (non-hydrogen) atoms. The third kappa shape index (κ3) is 5.04. The van der Waals surface area contributed by atoms with E-state index >= 15 is 0 Å². The average molecular weight is 470 g/mol. The Morgan fingerprint density at radius 1 is 1.10 bits per heavy atom. The monoisotopic (exact) mass is 469 g/mol. The number of nitrogens with one attached hydrogen (secondary N) is 2. The first-order valence-electron chi connectivity index (χ1n) is 8.91. The van der Waals surface area contributed by atoms with E-state index in [0.29, 0.717) is 5.69 Å². The molecule has 11 heteroatoms. The molecule has 0 saturated carbocycles. The molecule has 0 aliphatic carbocycles. The first-order valence-corrected chi connectivity index (χ1v) is 10.8. The second-order valence-corrected chi connectivity index (χ2v) is 8.58. The van der Waals surface area contributed by atoms with Crippen molar-refractivity contribution in [2.45, 2.75) is 25.4 Å². The lowest BCUT2D eigenvalue weighted by atomic mass is 10.2. The van der Waals surface area contributed by atoms with Crippen molar-refractivity contribution in [3.63, 3.8) is 0 Å². The smallest absolute Gasteiger partial charge is 0.387 e. The van der Waals surface area contributed by atoms with Gasteiger partial charge in [-0.1, -0.05) is 29.8 Å². The zero-order valence-corrected chi connectivity index (χ0v) is 18.0. The molecule has 1 heterocycles. The lowest BCUT2D eigenvalue weighted by Gasteiger charge is -2.12. The number of amides is 1. The highest BCUT2D eigenvalue weighted by Crippen LogP contribution is 2.28. The van der Waals surface area contributed by atoms with Crippen LogP contribution in [0.25, 0.3) is 5.69 Å². The summed E-state index contributed by atoms with van der Waals surface area (Å²) >= 11 is 5.80. The lowest BCUT2D eigenvalue weighted by Crippen LogP contribution is -2.41. The zero-order chi connectivity index (χ0) is 22.8. The third-order valence-corrected chi connectivity index (χ3v) is 5.96. The number of hydrazine groups is 1. The van der Waals surface area contributed by atoms with E-state index in [4.69, 9.17) is 11.6 Å². The number of hydrogen-bond donors (Lipinski definition) is 2. The highest BCUT2D eigenvalue weighted by atomic mass is 35.5. The van der Waals surface area contributed by atoms with Crippen LogP contribution in [0.1, 0.15) is 21.7 Å². The predicted molar refractivity (Wildman–Crippen MR) is 111 cm³/mol. The number of rotatable bonds is 7. The summed E-state index contributed by atoms with van der Waals surface area (Å²) in [6.07, 6.45) is 0.